The van der Waals surface area contributed by atoms with E-state index in [1.165, 1.54) is 12.1 Å². The Morgan fingerprint density at radius 3 is 2.94 bits per heavy atom. The number of fused-ring (bicyclic) bond motifs is 1. The first-order valence-corrected chi connectivity index (χ1v) is 10.6. The molecule has 1 fully saturated rings. The van der Waals surface area contributed by atoms with Gasteiger partial charge in [0.25, 0.3) is 0 Å². The topological polar surface area (TPSA) is 77.3 Å². The van der Waals surface area contributed by atoms with Crippen molar-refractivity contribution in [2.24, 2.45) is 0 Å². The average molecular weight is 422 g/mol. The van der Waals surface area contributed by atoms with Gasteiger partial charge < -0.3 is 13.8 Å². The number of oxazole rings is 1. The summed E-state index contributed by atoms with van der Waals surface area (Å²) >= 11 is 0. The van der Waals surface area contributed by atoms with Crippen molar-refractivity contribution in [3.05, 3.63) is 70.8 Å². The number of hydrogen-bond acceptors (Lipinski definition) is 6. The van der Waals surface area contributed by atoms with Gasteiger partial charge in [0.15, 0.2) is 5.58 Å². The number of hydrogen-bond donors (Lipinski definition) is 0. The lowest BCUT2D eigenvalue weighted by Crippen LogP contribution is -2.35. The van der Waals surface area contributed by atoms with Crippen molar-refractivity contribution >= 4 is 11.1 Å². The summed E-state index contributed by atoms with van der Waals surface area (Å²) in [5, 5.41) is 4.04. The van der Waals surface area contributed by atoms with Crippen LogP contribution in [0.2, 0.25) is 0 Å². The molecule has 0 spiro atoms. The van der Waals surface area contributed by atoms with Crippen molar-refractivity contribution in [3.8, 4) is 11.4 Å². The molecule has 7 nitrogen and oxygen atoms in total. The number of aryl methyl sites for hydroxylation is 1. The molecule has 8 heteroatoms. The molecule has 1 aliphatic rings. The molecule has 0 aliphatic carbocycles. The minimum atomic E-state index is -0.322. The maximum absolute atomic E-state index is 13.5. The Hall–Kier alpha value is -3.26. The molecular formula is C23H23FN4O3. The number of rotatable bonds is 6. The minimum absolute atomic E-state index is 0.154. The van der Waals surface area contributed by atoms with Crippen LogP contribution in [0.25, 0.3) is 22.5 Å². The van der Waals surface area contributed by atoms with Crippen molar-refractivity contribution in [1.82, 2.24) is 19.6 Å². The Balaban J connectivity index is 1.21. The van der Waals surface area contributed by atoms with Crippen LogP contribution in [0.3, 0.4) is 0 Å². The zero-order valence-corrected chi connectivity index (χ0v) is 17.0. The fourth-order valence-electron chi connectivity index (χ4n) is 4.28. The number of halogens is 1. The largest absolute Gasteiger partial charge is 0.419 e. The summed E-state index contributed by atoms with van der Waals surface area (Å²) in [6, 6.07) is 13.7. The van der Waals surface area contributed by atoms with Gasteiger partial charge in [0.1, 0.15) is 5.82 Å². The lowest BCUT2D eigenvalue weighted by atomic mass is 9.98. The Labute approximate surface area is 178 Å². The van der Waals surface area contributed by atoms with Gasteiger partial charge in [-0.25, -0.2) is 9.18 Å². The van der Waals surface area contributed by atoms with Crippen LogP contribution in [0.1, 0.15) is 31.1 Å². The van der Waals surface area contributed by atoms with Gasteiger partial charge in [0.2, 0.25) is 11.7 Å². The summed E-state index contributed by atoms with van der Waals surface area (Å²) < 4.78 is 26.0. The number of aromatic nitrogens is 3. The highest BCUT2D eigenvalue weighted by atomic mass is 19.1. The molecule has 0 radical (unpaired) electrons. The third-order valence-corrected chi connectivity index (χ3v) is 5.81. The molecule has 0 saturated carbocycles. The van der Waals surface area contributed by atoms with Crippen LogP contribution in [-0.4, -0.2) is 39.2 Å². The standard InChI is InChI=1S/C23H23FN4O3/c24-18-8-3-6-16(14-18)21-25-22(31-26-21)17-7-4-11-27(15-17)12-5-13-28-19-9-1-2-10-20(19)30-23(28)29/h1-3,6,8-10,14,17H,4-5,7,11-13,15H2. The van der Waals surface area contributed by atoms with Gasteiger partial charge in [-0.1, -0.05) is 29.4 Å². The van der Waals surface area contributed by atoms with E-state index in [1.54, 1.807) is 16.7 Å². The van der Waals surface area contributed by atoms with E-state index >= 15 is 0 Å². The summed E-state index contributed by atoms with van der Waals surface area (Å²) in [6.45, 7) is 3.31. The predicted molar refractivity (Wildman–Crippen MR) is 113 cm³/mol. The monoisotopic (exact) mass is 422 g/mol. The molecule has 0 bridgehead atoms. The van der Waals surface area contributed by atoms with Gasteiger partial charge in [-0.15, -0.1) is 0 Å². The zero-order valence-electron chi connectivity index (χ0n) is 17.0. The van der Waals surface area contributed by atoms with Crippen LogP contribution >= 0.6 is 0 Å². The van der Waals surface area contributed by atoms with Gasteiger partial charge in [0, 0.05) is 18.7 Å². The molecule has 4 aromatic rings. The van der Waals surface area contributed by atoms with Gasteiger partial charge >= 0.3 is 5.76 Å². The first-order valence-electron chi connectivity index (χ1n) is 10.6. The minimum Gasteiger partial charge on any atom is -0.408 e. The number of benzene rings is 2. The van der Waals surface area contributed by atoms with Crippen LogP contribution in [-0.2, 0) is 6.54 Å². The summed E-state index contributed by atoms with van der Waals surface area (Å²) in [5.41, 5.74) is 2.07. The van der Waals surface area contributed by atoms with Crippen LogP contribution in [0, 0.1) is 5.82 Å². The van der Waals surface area contributed by atoms with Crippen molar-refractivity contribution < 1.29 is 13.3 Å². The highest BCUT2D eigenvalue weighted by molar-refractivity contribution is 5.72. The second kappa shape index (κ2) is 8.47. The first-order chi connectivity index (χ1) is 15.2. The van der Waals surface area contributed by atoms with Crippen LogP contribution < -0.4 is 5.76 Å². The van der Waals surface area contributed by atoms with Crippen molar-refractivity contribution in [2.45, 2.75) is 31.7 Å². The predicted octanol–water partition coefficient (Wildman–Crippen LogP) is 4.05. The van der Waals surface area contributed by atoms with E-state index in [4.69, 9.17) is 8.94 Å². The van der Waals surface area contributed by atoms with Crippen LogP contribution in [0.5, 0.6) is 0 Å². The van der Waals surface area contributed by atoms with Crippen molar-refractivity contribution in [1.29, 1.82) is 0 Å². The van der Waals surface area contributed by atoms with Gasteiger partial charge in [0.05, 0.1) is 11.4 Å². The van der Waals surface area contributed by atoms with Gasteiger partial charge in [-0.2, -0.15) is 4.98 Å². The molecule has 1 atom stereocenters. The average Bonchev–Trinajstić information content (AvgIpc) is 3.39. The van der Waals surface area contributed by atoms with E-state index < -0.39 is 0 Å². The third kappa shape index (κ3) is 4.16. The zero-order chi connectivity index (χ0) is 21.2. The normalized spacial score (nSPS) is 17.4. The van der Waals surface area contributed by atoms with Crippen molar-refractivity contribution in [2.75, 3.05) is 19.6 Å². The van der Waals surface area contributed by atoms with E-state index in [0.717, 1.165) is 44.4 Å². The quantitative estimate of drug-likeness (QED) is 0.467. The Kier molecular flexibility index (Phi) is 5.38. The molecule has 5 rings (SSSR count). The van der Waals surface area contributed by atoms with E-state index in [1.807, 2.05) is 24.3 Å². The maximum atomic E-state index is 13.5. The molecule has 1 saturated heterocycles. The van der Waals surface area contributed by atoms with E-state index in [2.05, 4.69) is 15.0 Å². The van der Waals surface area contributed by atoms with Gasteiger partial charge in [-0.05, 0) is 56.6 Å². The molecule has 1 unspecified atom stereocenters. The molecule has 1 aliphatic heterocycles. The van der Waals surface area contributed by atoms with Crippen molar-refractivity contribution in [3.63, 3.8) is 0 Å². The smallest absolute Gasteiger partial charge is 0.408 e. The van der Waals surface area contributed by atoms with Crippen LogP contribution in [0.4, 0.5) is 4.39 Å². The van der Waals surface area contributed by atoms with E-state index in [-0.39, 0.29) is 17.5 Å². The second-order valence-corrected chi connectivity index (χ2v) is 7.95. The number of nitrogens with zero attached hydrogens (tertiary/aromatic N) is 4. The molecule has 3 heterocycles. The molecule has 160 valence electrons. The highest BCUT2D eigenvalue weighted by Crippen LogP contribution is 2.28. The Bertz CT molecular complexity index is 1240. The maximum Gasteiger partial charge on any atom is 0.419 e. The summed E-state index contributed by atoms with van der Waals surface area (Å²) in [5.74, 6) is 0.533. The summed E-state index contributed by atoms with van der Waals surface area (Å²) in [4.78, 5) is 19.0. The summed E-state index contributed by atoms with van der Waals surface area (Å²) in [6.07, 6.45) is 2.86. The molecule has 2 aromatic carbocycles. The van der Waals surface area contributed by atoms with Crippen LogP contribution in [0.15, 0.2) is 62.3 Å². The second-order valence-electron chi connectivity index (χ2n) is 7.95. The molecule has 0 amide bonds. The third-order valence-electron chi connectivity index (χ3n) is 5.81. The fraction of sp³-hybridized carbons (Fsp3) is 0.348. The van der Waals surface area contributed by atoms with Gasteiger partial charge in [-0.3, -0.25) is 4.57 Å². The molecule has 0 N–H and O–H groups in total. The number of piperidine rings is 1. The fourth-order valence-corrected chi connectivity index (χ4v) is 4.28. The lowest BCUT2D eigenvalue weighted by molar-refractivity contribution is 0.183. The molecule has 31 heavy (non-hydrogen) atoms. The van der Waals surface area contributed by atoms with E-state index in [0.29, 0.717) is 29.4 Å². The highest BCUT2D eigenvalue weighted by Gasteiger charge is 2.26. The summed E-state index contributed by atoms with van der Waals surface area (Å²) in [7, 11) is 0. The molecule has 2 aromatic heterocycles. The SMILES string of the molecule is O=c1oc2ccccc2n1CCCN1CCCC(c2nc(-c3cccc(F)c3)no2)C1. The lowest BCUT2D eigenvalue weighted by Gasteiger charge is -2.30. The number of para-hydroxylation sites is 2. The Morgan fingerprint density at radius 1 is 1.13 bits per heavy atom. The number of likely N-dealkylation sites (tertiary alicyclic amines) is 1. The van der Waals surface area contributed by atoms with E-state index in [9.17, 15) is 9.18 Å². The Morgan fingerprint density at radius 2 is 2.03 bits per heavy atom. The molecular weight excluding hydrogens is 399 g/mol. The first kappa shape index (κ1) is 19.7.